The van der Waals surface area contributed by atoms with E-state index in [9.17, 15) is 10.4 Å². The Hall–Kier alpha value is -1.67. The van der Waals surface area contributed by atoms with E-state index in [1.54, 1.807) is 6.92 Å². The summed E-state index contributed by atoms with van der Waals surface area (Å²) in [5.41, 5.74) is 2.48. The second kappa shape index (κ2) is 7.70. The molecule has 0 amide bonds. The predicted molar refractivity (Wildman–Crippen MR) is 74.9 cm³/mol. The van der Waals surface area contributed by atoms with Crippen molar-refractivity contribution in [2.45, 2.75) is 52.6 Å². The van der Waals surface area contributed by atoms with Gasteiger partial charge in [0.25, 0.3) is 0 Å². The highest BCUT2D eigenvalue weighted by Gasteiger charge is 2.13. The third-order valence-electron chi connectivity index (χ3n) is 3.05. The van der Waals surface area contributed by atoms with Gasteiger partial charge >= 0.3 is 0 Å². The number of hydrogen-bond donors (Lipinski definition) is 2. The largest absolute Gasteiger partial charge is 0.393 e. The molecule has 0 aliphatic carbocycles. The Morgan fingerprint density at radius 3 is 2.58 bits per heavy atom. The zero-order chi connectivity index (χ0) is 14.3. The number of aliphatic hydroxyl groups is 1. The minimum atomic E-state index is -0.294. The van der Waals surface area contributed by atoms with Gasteiger partial charge in [-0.3, -0.25) is 0 Å². The predicted octanol–water partition coefficient (Wildman–Crippen LogP) is 2.05. The Bertz CT molecular complexity index is 451. The van der Waals surface area contributed by atoms with Crippen LogP contribution in [0.3, 0.4) is 0 Å². The maximum absolute atomic E-state index is 9.30. The molecule has 0 saturated carbocycles. The number of rotatable bonds is 7. The third-order valence-corrected chi connectivity index (χ3v) is 3.05. The number of nitriles is 1. The standard InChI is InChI=1S/C14H22N4O/c1-4-11-12(9-15)14(18-17-13(11)5-2)16-8-6-7-10(3)19/h10,19H,4-8H2,1-3H3,(H,16,18). The summed E-state index contributed by atoms with van der Waals surface area (Å²) in [6.45, 7) is 6.49. The van der Waals surface area contributed by atoms with E-state index in [2.05, 4.69) is 21.6 Å². The van der Waals surface area contributed by atoms with E-state index in [-0.39, 0.29) is 6.10 Å². The summed E-state index contributed by atoms with van der Waals surface area (Å²) < 4.78 is 0. The maximum Gasteiger partial charge on any atom is 0.166 e. The molecule has 2 N–H and O–H groups in total. The van der Waals surface area contributed by atoms with Crippen LogP contribution in [0.5, 0.6) is 0 Å². The van der Waals surface area contributed by atoms with Crippen LogP contribution in [0, 0.1) is 11.3 Å². The fourth-order valence-corrected chi connectivity index (χ4v) is 2.02. The van der Waals surface area contributed by atoms with Gasteiger partial charge in [-0.2, -0.15) is 10.4 Å². The van der Waals surface area contributed by atoms with Crippen molar-refractivity contribution in [2.24, 2.45) is 0 Å². The van der Waals surface area contributed by atoms with Crippen molar-refractivity contribution in [3.63, 3.8) is 0 Å². The first-order valence-corrected chi connectivity index (χ1v) is 6.84. The zero-order valence-electron chi connectivity index (χ0n) is 11.9. The van der Waals surface area contributed by atoms with E-state index >= 15 is 0 Å². The molecular formula is C14H22N4O. The zero-order valence-corrected chi connectivity index (χ0v) is 11.9. The minimum Gasteiger partial charge on any atom is -0.393 e. The Balaban J connectivity index is 2.81. The van der Waals surface area contributed by atoms with Crippen molar-refractivity contribution < 1.29 is 5.11 Å². The van der Waals surface area contributed by atoms with Crippen LogP contribution in [0.25, 0.3) is 0 Å². The monoisotopic (exact) mass is 262 g/mol. The van der Waals surface area contributed by atoms with Gasteiger partial charge in [-0.25, -0.2) is 0 Å². The van der Waals surface area contributed by atoms with Crippen molar-refractivity contribution >= 4 is 5.82 Å². The van der Waals surface area contributed by atoms with Crippen molar-refractivity contribution in [3.8, 4) is 6.07 Å². The molecule has 0 aliphatic heterocycles. The Labute approximate surface area is 114 Å². The van der Waals surface area contributed by atoms with E-state index in [1.807, 2.05) is 13.8 Å². The SMILES string of the molecule is CCc1nnc(NCCCC(C)O)c(C#N)c1CC. The molecule has 5 heteroatoms. The third kappa shape index (κ3) is 4.18. The normalized spacial score (nSPS) is 11.9. The van der Waals surface area contributed by atoms with Gasteiger partial charge in [0.15, 0.2) is 5.82 Å². The van der Waals surface area contributed by atoms with Crippen molar-refractivity contribution in [3.05, 3.63) is 16.8 Å². The molecule has 0 aliphatic rings. The molecule has 5 nitrogen and oxygen atoms in total. The van der Waals surface area contributed by atoms with Gasteiger partial charge < -0.3 is 10.4 Å². The maximum atomic E-state index is 9.30. The lowest BCUT2D eigenvalue weighted by Gasteiger charge is -2.12. The van der Waals surface area contributed by atoms with Crippen LogP contribution < -0.4 is 5.32 Å². The summed E-state index contributed by atoms with van der Waals surface area (Å²) in [5.74, 6) is 0.558. The average Bonchev–Trinajstić information content (AvgIpc) is 2.42. The molecule has 0 radical (unpaired) electrons. The van der Waals surface area contributed by atoms with E-state index < -0.39 is 0 Å². The minimum absolute atomic E-state index is 0.294. The molecule has 0 saturated heterocycles. The van der Waals surface area contributed by atoms with Gasteiger partial charge in [-0.15, -0.1) is 5.10 Å². The van der Waals surface area contributed by atoms with Crippen LogP contribution in [-0.2, 0) is 12.8 Å². The lowest BCUT2D eigenvalue weighted by molar-refractivity contribution is 0.183. The molecule has 1 unspecified atom stereocenters. The molecule has 0 aromatic carbocycles. The van der Waals surface area contributed by atoms with Crippen molar-refractivity contribution in [1.29, 1.82) is 5.26 Å². The first-order chi connectivity index (χ1) is 9.13. The van der Waals surface area contributed by atoms with Crippen LogP contribution >= 0.6 is 0 Å². The molecular weight excluding hydrogens is 240 g/mol. The highest BCUT2D eigenvalue weighted by Crippen LogP contribution is 2.19. The fourth-order valence-electron chi connectivity index (χ4n) is 2.02. The number of nitrogens with zero attached hydrogens (tertiary/aromatic N) is 3. The summed E-state index contributed by atoms with van der Waals surface area (Å²) in [4.78, 5) is 0. The summed E-state index contributed by atoms with van der Waals surface area (Å²) in [5, 5.41) is 29.9. The number of nitrogens with one attached hydrogen (secondary N) is 1. The Morgan fingerprint density at radius 1 is 1.32 bits per heavy atom. The van der Waals surface area contributed by atoms with Gasteiger partial charge in [0, 0.05) is 6.54 Å². The highest BCUT2D eigenvalue weighted by molar-refractivity contribution is 5.56. The molecule has 1 aromatic rings. The molecule has 19 heavy (non-hydrogen) atoms. The number of aromatic nitrogens is 2. The van der Waals surface area contributed by atoms with Gasteiger partial charge in [0.2, 0.25) is 0 Å². The summed E-state index contributed by atoms with van der Waals surface area (Å²) in [6, 6.07) is 2.23. The van der Waals surface area contributed by atoms with E-state index in [0.717, 1.165) is 36.9 Å². The first-order valence-electron chi connectivity index (χ1n) is 6.84. The van der Waals surface area contributed by atoms with Crippen LogP contribution in [0.15, 0.2) is 0 Å². The lowest BCUT2D eigenvalue weighted by atomic mass is 10.0. The fraction of sp³-hybridized carbons (Fsp3) is 0.643. The molecule has 1 heterocycles. The highest BCUT2D eigenvalue weighted by atomic mass is 16.3. The smallest absolute Gasteiger partial charge is 0.166 e. The second-order valence-electron chi connectivity index (χ2n) is 4.59. The molecule has 104 valence electrons. The number of hydrogen-bond acceptors (Lipinski definition) is 5. The molecule has 0 bridgehead atoms. The molecule has 0 fully saturated rings. The summed E-state index contributed by atoms with van der Waals surface area (Å²) in [7, 11) is 0. The Kier molecular flexibility index (Phi) is 6.23. The van der Waals surface area contributed by atoms with Crippen LogP contribution in [-0.4, -0.2) is 28.0 Å². The summed E-state index contributed by atoms with van der Waals surface area (Å²) >= 11 is 0. The van der Waals surface area contributed by atoms with Crippen LogP contribution in [0.2, 0.25) is 0 Å². The summed E-state index contributed by atoms with van der Waals surface area (Å²) in [6.07, 6.45) is 2.84. The second-order valence-corrected chi connectivity index (χ2v) is 4.59. The molecule has 1 atom stereocenters. The van der Waals surface area contributed by atoms with Gasteiger partial charge in [-0.1, -0.05) is 13.8 Å². The first kappa shape index (κ1) is 15.4. The topological polar surface area (TPSA) is 81.8 Å². The Morgan fingerprint density at radius 2 is 2.05 bits per heavy atom. The van der Waals surface area contributed by atoms with E-state index in [1.165, 1.54) is 0 Å². The number of aryl methyl sites for hydroxylation is 1. The average molecular weight is 262 g/mol. The van der Waals surface area contributed by atoms with Gasteiger partial charge in [0.05, 0.1) is 11.8 Å². The van der Waals surface area contributed by atoms with Gasteiger partial charge in [0.1, 0.15) is 11.6 Å². The molecule has 1 aromatic heterocycles. The molecule has 1 rings (SSSR count). The van der Waals surface area contributed by atoms with Crippen LogP contribution in [0.1, 0.15) is 50.4 Å². The number of aliphatic hydroxyl groups excluding tert-OH is 1. The van der Waals surface area contributed by atoms with Crippen molar-refractivity contribution in [1.82, 2.24) is 10.2 Å². The number of anilines is 1. The quantitative estimate of drug-likeness (QED) is 0.735. The van der Waals surface area contributed by atoms with E-state index in [0.29, 0.717) is 17.9 Å². The van der Waals surface area contributed by atoms with Crippen LogP contribution in [0.4, 0.5) is 5.82 Å². The van der Waals surface area contributed by atoms with E-state index in [4.69, 9.17) is 0 Å². The van der Waals surface area contributed by atoms with Crippen molar-refractivity contribution in [2.75, 3.05) is 11.9 Å². The van der Waals surface area contributed by atoms with Gasteiger partial charge in [-0.05, 0) is 38.2 Å². The molecule has 0 spiro atoms. The lowest BCUT2D eigenvalue weighted by Crippen LogP contribution is -2.12.